The Balaban J connectivity index is 2.11. The smallest absolute Gasteiger partial charge is 0.161 e. The van der Waals surface area contributed by atoms with Gasteiger partial charge < -0.3 is 5.32 Å². The highest BCUT2D eigenvalue weighted by Crippen LogP contribution is 2.27. The molecular formula is C17H21N3. The molecule has 3 rings (SSSR count). The fourth-order valence-electron chi connectivity index (χ4n) is 2.89. The molecule has 1 aromatic carbocycles. The second-order valence-electron chi connectivity index (χ2n) is 5.50. The van der Waals surface area contributed by atoms with Crippen molar-refractivity contribution in [1.82, 2.24) is 9.97 Å². The van der Waals surface area contributed by atoms with Crippen LogP contribution in [0.15, 0.2) is 24.3 Å². The molecule has 0 bridgehead atoms. The lowest BCUT2D eigenvalue weighted by Gasteiger charge is -2.13. The summed E-state index contributed by atoms with van der Waals surface area (Å²) >= 11 is 0. The van der Waals surface area contributed by atoms with E-state index in [-0.39, 0.29) is 0 Å². The molecule has 3 heteroatoms. The van der Waals surface area contributed by atoms with Crippen LogP contribution in [0, 0.1) is 6.92 Å². The van der Waals surface area contributed by atoms with Gasteiger partial charge in [0.2, 0.25) is 0 Å². The average Bonchev–Trinajstić information content (AvgIpc) is 2.71. The van der Waals surface area contributed by atoms with Gasteiger partial charge in [-0.3, -0.25) is 0 Å². The molecule has 0 radical (unpaired) electrons. The number of aryl methyl sites for hydroxylation is 2. The molecular weight excluding hydrogens is 246 g/mol. The molecule has 0 aliphatic heterocycles. The Morgan fingerprint density at radius 1 is 1.05 bits per heavy atom. The number of nitrogens with zero attached hydrogens (tertiary/aromatic N) is 2. The Labute approximate surface area is 120 Å². The first-order valence-electron chi connectivity index (χ1n) is 7.42. The zero-order chi connectivity index (χ0) is 13.9. The molecule has 3 nitrogen and oxygen atoms in total. The SMILES string of the molecule is CNc1nc(-c2cccc(C)c2)nc2c1CCCCC2. The predicted octanol–water partition coefficient (Wildman–Crippen LogP) is 3.76. The van der Waals surface area contributed by atoms with Gasteiger partial charge in [-0.15, -0.1) is 0 Å². The summed E-state index contributed by atoms with van der Waals surface area (Å²) in [6.45, 7) is 2.10. The Hall–Kier alpha value is -1.90. The Bertz CT molecular complexity index is 620. The zero-order valence-corrected chi connectivity index (χ0v) is 12.2. The number of nitrogens with one attached hydrogen (secondary N) is 1. The first-order valence-corrected chi connectivity index (χ1v) is 7.42. The molecule has 2 aromatic rings. The highest BCUT2D eigenvalue weighted by atomic mass is 15.0. The highest BCUT2D eigenvalue weighted by molar-refractivity contribution is 5.60. The minimum absolute atomic E-state index is 0.846. The van der Waals surface area contributed by atoms with Gasteiger partial charge in [0, 0.05) is 23.9 Å². The average molecular weight is 267 g/mol. The van der Waals surface area contributed by atoms with E-state index in [0.29, 0.717) is 0 Å². The van der Waals surface area contributed by atoms with Gasteiger partial charge in [-0.25, -0.2) is 9.97 Å². The Morgan fingerprint density at radius 3 is 2.70 bits per heavy atom. The van der Waals surface area contributed by atoms with Crippen molar-refractivity contribution >= 4 is 5.82 Å². The molecule has 0 atom stereocenters. The molecule has 0 spiro atoms. The molecule has 0 unspecified atom stereocenters. The second kappa shape index (κ2) is 5.61. The van der Waals surface area contributed by atoms with Crippen molar-refractivity contribution in [2.24, 2.45) is 0 Å². The van der Waals surface area contributed by atoms with Crippen molar-refractivity contribution in [3.8, 4) is 11.4 Å². The molecule has 0 saturated heterocycles. The van der Waals surface area contributed by atoms with Crippen LogP contribution in [-0.4, -0.2) is 17.0 Å². The molecule has 1 aliphatic rings. The lowest BCUT2D eigenvalue weighted by Crippen LogP contribution is -2.06. The lowest BCUT2D eigenvalue weighted by atomic mass is 10.1. The van der Waals surface area contributed by atoms with Gasteiger partial charge in [0.05, 0.1) is 0 Å². The minimum atomic E-state index is 0.846. The first-order chi connectivity index (χ1) is 9.78. The van der Waals surface area contributed by atoms with Crippen molar-refractivity contribution in [1.29, 1.82) is 0 Å². The normalized spacial score (nSPS) is 14.5. The van der Waals surface area contributed by atoms with Gasteiger partial charge in [-0.05, 0) is 38.7 Å². The highest BCUT2D eigenvalue weighted by Gasteiger charge is 2.16. The van der Waals surface area contributed by atoms with Crippen LogP contribution in [0.4, 0.5) is 5.82 Å². The second-order valence-corrected chi connectivity index (χ2v) is 5.50. The van der Waals surface area contributed by atoms with Crippen LogP contribution in [0.5, 0.6) is 0 Å². The van der Waals surface area contributed by atoms with E-state index in [9.17, 15) is 0 Å². The van der Waals surface area contributed by atoms with Crippen molar-refractivity contribution in [3.63, 3.8) is 0 Å². The maximum Gasteiger partial charge on any atom is 0.161 e. The molecule has 20 heavy (non-hydrogen) atoms. The maximum atomic E-state index is 4.84. The molecule has 0 fully saturated rings. The monoisotopic (exact) mass is 267 g/mol. The minimum Gasteiger partial charge on any atom is -0.373 e. The van der Waals surface area contributed by atoms with Crippen LogP contribution in [0.2, 0.25) is 0 Å². The van der Waals surface area contributed by atoms with Gasteiger partial charge >= 0.3 is 0 Å². The van der Waals surface area contributed by atoms with E-state index in [4.69, 9.17) is 9.97 Å². The van der Waals surface area contributed by atoms with E-state index in [2.05, 4.69) is 36.5 Å². The maximum absolute atomic E-state index is 4.84. The van der Waals surface area contributed by atoms with Gasteiger partial charge in [0.25, 0.3) is 0 Å². The standard InChI is InChI=1S/C17H21N3/c1-12-7-6-8-13(11-12)16-19-15-10-5-3-4-9-14(15)17(18-2)20-16/h6-8,11H,3-5,9-10H2,1-2H3,(H,18,19,20). The summed E-state index contributed by atoms with van der Waals surface area (Å²) in [5.74, 6) is 1.85. The molecule has 1 heterocycles. The molecule has 0 amide bonds. The summed E-state index contributed by atoms with van der Waals surface area (Å²) in [4.78, 5) is 9.58. The summed E-state index contributed by atoms with van der Waals surface area (Å²) in [5.41, 5.74) is 4.90. The fraction of sp³-hybridized carbons (Fsp3) is 0.412. The van der Waals surface area contributed by atoms with Gasteiger partial charge in [-0.2, -0.15) is 0 Å². The van der Waals surface area contributed by atoms with Crippen LogP contribution >= 0.6 is 0 Å². The largest absolute Gasteiger partial charge is 0.373 e. The summed E-state index contributed by atoms with van der Waals surface area (Å²) in [7, 11) is 1.95. The third-order valence-electron chi connectivity index (χ3n) is 3.95. The number of rotatable bonds is 2. The van der Waals surface area contributed by atoms with Crippen LogP contribution in [0.1, 0.15) is 36.1 Å². The van der Waals surface area contributed by atoms with Crippen LogP contribution in [-0.2, 0) is 12.8 Å². The molecule has 1 aliphatic carbocycles. The van der Waals surface area contributed by atoms with Crippen molar-refractivity contribution in [2.75, 3.05) is 12.4 Å². The quantitative estimate of drug-likeness (QED) is 0.842. The zero-order valence-electron chi connectivity index (χ0n) is 12.2. The summed E-state index contributed by atoms with van der Waals surface area (Å²) in [6, 6.07) is 8.41. The Morgan fingerprint density at radius 2 is 1.90 bits per heavy atom. The van der Waals surface area contributed by atoms with Crippen molar-refractivity contribution < 1.29 is 0 Å². The Kier molecular flexibility index (Phi) is 3.68. The number of hydrogen-bond donors (Lipinski definition) is 1. The molecule has 0 saturated carbocycles. The molecule has 104 valence electrons. The predicted molar refractivity (Wildman–Crippen MR) is 83.0 cm³/mol. The summed E-state index contributed by atoms with van der Waals surface area (Å²) in [6.07, 6.45) is 5.94. The number of hydrogen-bond acceptors (Lipinski definition) is 3. The third-order valence-corrected chi connectivity index (χ3v) is 3.95. The van der Waals surface area contributed by atoms with Crippen LogP contribution in [0.25, 0.3) is 11.4 Å². The van der Waals surface area contributed by atoms with Gasteiger partial charge in [0.15, 0.2) is 5.82 Å². The first kappa shape index (κ1) is 13.1. The van der Waals surface area contributed by atoms with E-state index in [1.807, 2.05) is 7.05 Å². The van der Waals surface area contributed by atoms with Crippen molar-refractivity contribution in [2.45, 2.75) is 39.0 Å². The van der Waals surface area contributed by atoms with E-state index in [1.165, 1.54) is 36.1 Å². The van der Waals surface area contributed by atoms with E-state index in [0.717, 1.165) is 30.0 Å². The van der Waals surface area contributed by atoms with Crippen LogP contribution in [0.3, 0.4) is 0 Å². The summed E-state index contributed by atoms with van der Waals surface area (Å²) in [5, 5.41) is 3.26. The lowest BCUT2D eigenvalue weighted by molar-refractivity contribution is 0.709. The number of benzene rings is 1. The molecule has 1 aromatic heterocycles. The number of aromatic nitrogens is 2. The van der Waals surface area contributed by atoms with Crippen LogP contribution < -0.4 is 5.32 Å². The van der Waals surface area contributed by atoms with E-state index < -0.39 is 0 Å². The molecule has 1 N–H and O–H groups in total. The topological polar surface area (TPSA) is 37.8 Å². The van der Waals surface area contributed by atoms with E-state index >= 15 is 0 Å². The fourth-order valence-corrected chi connectivity index (χ4v) is 2.89. The summed E-state index contributed by atoms with van der Waals surface area (Å²) < 4.78 is 0. The number of anilines is 1. The van der Waals surface area contributed by atoms with Gasteiger partial charge in [0.1, 0.15) is 5.82 Å². The van der Waals surface area contributed by atoms with Crippen molar-refractivity contribution in [3.05, 3.63) is 41.1 Å². The van der Waals surface area contributed by atoms with E-state index in [1.54, 1.807) is 0 Å². The number of fused-ring (bicyclic) bond motifs is 1. The third kappa shape index (κ3) is 2.53. The van der Waals surface area contributed by atoms with Gasteiger partial charge in [-0.1, -0.05) is 30.2 Å².